The lowest BCUT2D eigenvalue weighted by Gasteiger charge is -2.38. The Labute approximate surface area is 241 Å². The minimum Gasteiger partial charge on any atom is -0.478 e. The molecule has 0 unspecified atom stereocenters. The molecule has 8 heteroatoms. The molecular weight excluding hydrogens is 528 g/mol. The first-order valence-corrected chi connectivity index (χ1v) is 13.6. The monoisotopic (exact) mass is 552 g/mol. The van der Waals surface area contributed by atoms with Gasteiger partial charge >= 0.3 is 0 Å². The first-order valence-electron chi connectivity index (χ1n) is 13.6. The van der Waals surface area contributed by atoms with Crippen LogP contribution in [0.3, 0.4) is 0 Å². The number of benzene rings is 3. The number of fused-ring (bicyclic) bond motifs is 6. The Morgan fingerprint density at radius 3 is 2.52 bits per heavy atom. The van der Waals surface area contributed by atoms with Crippen LogP contribution >= 0.6 is 0 Å². The van der Waals surface area contributed by atoms with Gasteiger partial charge in [0.25, 0.3) is 0 Å². The van der Waals surface area contributed by atoms with Crippen molar-refractivity contribution in [2.24, 2.45) is 5.92 Å². The molecule has 4 heterocycles. The Morgan fingerprint density at radius 1 is 0.952 bits per heavy atom. The largest absolute Gasteiger partial charge is 0.478 e. The van der Waals surface area contributed by atoms with E-state index in [1.807, 2.05) is 71.8 Å². The lowest BCUT2D eigenvalue weighted by Crippen LogP contribution is -2.49. The topological polar surface area (TPSA) is 112 Å². The molecule has 0 bridgehead atoms. The molecule has 8 nitrogen and oxygen atoms in total. The molecule has 204 valence electrons. The molecule has 1 amide bonds. The van der Waals surface area contributed by atoms with Gasteiger partial charge in [-0.05, 0) is 53.1 Å². The zero-order valence-electron chi connectivity index (χ0n) is 22.3. The Hall–Kier alpha value is -5.55. The summed E-state index contributed by atoms with van der Waals surface area (Å²) in [5.74, 6) is -1.91. The summed E-state index contributed by atoms with van der Waals surface area (Å²) in [5.41, 5.74) is 2.22. The number of aromatic nitrogens is 1. The summed E-state index contributed by atoms with van der Waals surface area (Å²) < 4.78 is 5.64. The van der Waals surface area contributed by atoms with Crippen molar-refractivity contribution in [3.8, 4) is 11.8 Å². The van der Waals surface area contributed by atoms with Crippen molar-refractivity contribution in [1.29, 1.82) is 5.26 Å². The first-order chi connectivity index (χ1) is 20.6. The molecule has 3 aromatic carbocycles. The summed E-state index contributed by atoms with van der Waals surface area (Å²) in [5, 5.41) is 12.2. The number of hydrogen-bond acceptors (Lipinski definition) is 7. The van der Waals surface area contributed by atoms with Gasteiger partial charge < -0.3 is 15.0 Å². The lowest BCUT2D eigenvalue weighted by atomic mass is 9.62. The number of para-hydroxylation sites is 2. The standard InChI is InChI=1S/C34H24N4O4/c35-16-20-42-27-12-6-3-9-24(27)31(40)29-28(30(39)22-13-17-36-18-14-22)34(25-10-4-5-11-26(25)37-33(34)41)32-23-8-2-1-7-21(23)15-19-38(29)32/h1-15,17-19,28-29,32H,20H2,(H,37,41)/t28-,29+,32-,34+/m0/s1. The lowest BCUT2D eigenvalue weighted by molar-refractivity contribution is -0.122. The fourth-order valence-corrected chi connectivity index (χ4v) is 6.93. The van der Waals surface area contributed by atoms with Crippen molar-refractivity contribution in [2.75, 3.05) is 11.9 Å². The summed E-state index contributed by atoms with van der Waals surface area (Å²) in [6, 6.07) is 25.3. The van der Waals surface area contributed by atoms with Gasteiger partial charge in [-0.25, -0.2) is 0 Å². The summed E-state index contributed by atoms with van der Waals surface area (Å²) >= 11 is 0. The molecule has 0 radical (unpaired) electrons. The first kappa shape index (κ1) is 25.4. The van der Waals surface area contributed by atoms with Crippen molar-refractivity contribution in [1.82, 2.24) is 9.88 Å². The van der Waals surface area contributed by atoms with Crippen molar-refractivity contribution in [3.05, 3.63) is 131 Å². The molecule has 1 N–H and O–H groups in total. The highest BCUT2D eigenvalue weighted by atomic mass is 16.5. The molecule has 4 aromatic rings. The normalized spacial score (nSPS) is 23.0. The molecule has 1 saturated heterocycles. The van der Waals surface area contributed by atoms with Gasteiger partial charge in [0.1, 0.15) is 23.3 Å². The number of ketones is 2. The molecular formula is C34H24N4O4. The molecule has 3 aliphatic heterocycles. The van der Waals surface area contributed by atoms with Crippen molar-refractivity contribution in [3.63, 3.8) is 0 Å². The Kier molecular flexibility index (Phi) is 5.94. The average molecular weight is 553 g/mol. The van der Waals surface area contributed by atoms with Crippen LogP contribution < -0.4 is 10.1 Å². The van der Waals surface area contributed by atoms with E-state index >= 15 is 0 Å². The van der Waals surface area contributed by atoms with Crippen LogP contribution in [-0.2, 0) is 10.2 Å². The number of nitriles is 1. The van der Waals surface area contributed by atoms with Crippen LogP contribution in [0.4, 0.5) is 5.69 Å². The van der Waals surface area contributed by atoms with Gasteiger partial charge in [0.05, 0.1) is 17.5 Å². The molecule has 0 saturated carbocycles. The van der Waals surface area contributed by atoms with Gasteiger partial charge in [-0.15, -0.1) is 0 Å². The van der Waals surface area contributed by atoms with Crippen LogP contribution in [0.1, 0.15) is 43.4 Å². The second-order valence-corrected chi connectivity index (χ2v) is 10.5. The molecule has 1 aromatic heterocycles. The maximum Gasteiger partial charge on any atom is 0.238 e. The van der Waals surface area contributed by atoms with Gasteiger partial charge in [-0.1, -0.05) is 54.6 Å². The number of pyridine rings is 1. The predicted octanol–water partition coefficient (Wildman–Crippen LogP) is 4.97. The van der Waals surface area contributed by atoms with Crippen LogP contribution in [0.15, 0.2) is 104 Å². The summed E-state index contributed by atoms with van der Waals surface area (Å²) in [4.78, 5) is 49.9. The molecule has 4 atom stereocenters. The van der Waals surface area contributed by atoms with Gasteiger partial charge in [0.15, 0.2) is 18.2 Å². The number of rotatable bonds is 6. The predicted molar refractivity (Wildman–Crippen MR) is 155 cm³/mol. The Morgan fingerprint density at radius 2 is 1.69 bits per heavy atom. The molecule has 0 aliphatic carbocycles. The van der Waals surface area contributed by atoms with E-state index in [0.717, 1.165) is 11.1 Å². The Bertz CT molecular complexity index is 1830. The minimum absolute atomic E-state index is 0.236. The summed E-state index contributed by atoms with van der Waals surface area (Å²) in [6.07, 6.45) is 6.80. The third kappa shape index (κ3) is 3.53. The third-order valence-electron chi connectivity index (χ3n) is 8.53. The SMILES string of the molecule is N#CCOc1ccccc1C(=O)[C@H]1[C@@H](C(=O)c2ccncc2)[C@@]2(C(=O)Nc3ccccc32)[C@@H]2c3ccccc3C=CN21. The fraction of sp³-hybridized carbons (Fsp3) is 0.147. The summed E-state index contributed by atoms with van der Waals surface area (Å²) in [7, 11) is 0. The van der Waals surface area contributed by atoms with Crippen LogP contribution in [0.5, 0.6) is 5.75 Å². The van der Waals surface area contributed by atoms with E-state index in [0.29, 0.717) is 16.8 Å². The van der Waals surface area contributed by atoms with E-state index in [1.54, 1.807) is 36.4 Å². The molecule has 1 spiro atoms. The van der Waals surface area contributed by atoms with E-state index in [4.69, 9.17) is 10.00 Å². The highest BCUT2D eigenvalue weighted by molar-refractivity contribution is 6.17. The van der Waals surface area contributed by atoms with Crippen molar-refractivity contribution >= 4 is 29.2 Å². The van der Waals surface area contributed by atoms with Gasteiger partial charge in [-0.3, -0.25) is 19.4 Å². The molecule has 7 rings (SSSR count). The van der Waals surface area contributed by atoms with E-state index < -0.39 is 23.4 Å². The quantitative estimate of drug-likeness (QED) is 0.336. The van der Waals surface area contributed by atoms with Crippen LogP contribution in [0.25, 0.3) is 6.08 Å². The highest BCUT2D eigenvalue weighted by Crippen LogP contribution is 2.62. The number of hydrogen-bond donors (Lipinski definition) is 1. The second-order valence-electron chi connectivity index (χ2n) is 10.5. The van der Waals surface area contributed by atoms with Crippen LogP contribution in [-0.4, -0.2) is 40.0 Å². The zero-order valence-corrected chi connectivity index (χ0v) is 22.3. The number of amides is 1. The van der Waals surface area contributed by atoms with Crippen LogP contribution in [0.2, 0.25) is 0 Å². The number of nitrogens with one attached hydrogen (secondary N) is 1. The van der Waals surface area contributed by atoms with Crippen LogP contribution in [0, 0.1) is 17.2 Å². The molecule has 42 heavy (non-hydrogen) atoms. The van der Waals surface area contributed by atoms with Crippen molar-refractivity contribution in [2.45, 2.75) is 17.5 Å². The number of anilines is 1. The number of carbonyl (C=O) groups excluding carboxylic acids is 3. The smallest absolute Gasteiger partial charge is 0.238 e. The number of carbonyl (C=O) groups is 3. The van der Waals surface area contributed by atoms with Gasteiger partial charge in [0, 0.05) is 29.8 Å². The minimum atomic E-state index is -1.43. The van der Waals surface area contributed by atoms with Gasteiger partial charge in [0.2, 0.25) is 5.91 Å². The number of nitrogens with zero attached hydrogens (tertiary/aromatic N) is 3. The maximum absolute atomic E-state index is 14.8. The highest BCUT2D eigenvalue weighted by Gasteiger charge is 2.70. The Balaban J connectivity index is 1.52. The molecule has 1 fully saturated rings. The molecule has 3 aliphatic rings. The van der Waals surface area contributed by atoms with E-state index in [1.165, 1.54) is 12.4 Å². The van der Waals surface area contributed by atoms with E-state index in [2.05, 4.69) is 10.3 Å². The van der Waals surface area contributed by atoms with E-state index in [-0.39, 0.29) is 35.4 Å². The second kappa shape index (κ2) is 9.82. The number of Topliss-reactive ketones (excluding diaryl/α,β-unsaturated/α-hetero) is 2. The van der Waals surface area contributed by atoms with Crippen molar-refractivity contribution < 1.29 is 19.1 Å². The average Bonchev–Trinajstić information content (AvgIpc) is 3.52. The third-order valence-corrected chi connectivity index (χ3v) is 8.53. The van der Waals surface area contributed by atoms with Gasteiger partial charge in [-0.2, -0.15) is 5.26 Å². The maximum atomic E-state index is 14.8. The number of ether oxygens (including phenoxy) is 1. The zero-order chi connectivity index (χ0) is 28.8. The summed E-state index contributed by atoms with van der Waals surface area (Å²) in [6.45, 7) is -0.242. The fourth-order valence-electron chi connectivity index (χ4n) is 6.93. The van der Waals surface area contributed by atoms with E-state index in [9.17, 15) is 14.4 Å².